The van der Waals surface area contributed by atoms with Gasteiger partial charge in [0.25, 0.3) is 0 Å². The minimum Gasteiger partial charge on any atom is -0.496 e. The summed E-state index contributed by atoms with van der Waals surface area (Å²) < 4.78 is 5.50. The van der Waals surface area contributed by atoms with Crippen LogP contribution in [-0.2, 0) is 19.4 Å². The van der Waals surface area contributed by atoms with Gasteiger partial charge in [-0.2, -0.15) is 0 Å². The van der Waals surface area contributed by atoms with E-state index in [0.717, 1.165) is 25.1 Å². The molecular weight excluding hydrogens is 282 g/mol. The SMILES string of the molecule is COc1cccc2c1C[C@H](NCc1ccccc1)CC2.Cl. The molecule has 3 rings (SSSR count). The Morgan fingerprint density at radius 3 is 2.67 bits per heavy atom. The van der Waals surface area contributed by atoms with E-state index in [1.165, 1.54) is 23.1 Å². The molecule has 0 bridgehead atoms. The van der Waals surface area contributed by atoms with Crippen LogP contribution < -0.4 is 10.1 Å². The lowest BCUT2D eigenvalue weighted by molar-refractivity contribution is 0.393. The van der Waals surface area contributed by atoms with Gasteiger partial charge in [-0.05, 0) is 42.0 Å². The van der Waals surface area contributed by atoms with E-state index in [1.807, 2.05) is 0 Å². The number of rotatable bonds is 4. The Morgan fingerprint density at radius 2 is 1.90 bits per heavy atom. The highest BCUT2D eigenvalue weighted by Crippen LogP contribution is 2.29. The molecule has 0 radical (unpaired) electrons. The molecule has 112 valence electrons. The van der Waals surface area contributed by atoms with E-state index in [2.05, 4.69) is 53.8 Å². The smallest absolute Gasteiger partial charge is 0.122 e. The number of methoxy groups -OCH3 is 1. The largest absolute Gasteiger partial charge is 0.496 e. The Hall–Kier alpha value is -1.51. The molecule has 1 aliphatic rings. The molecule has 0 unspecified atom stereocenters. The molecule has 0 spiro atoms. The van der Waals surface area contributed by atoms with Gasteiger partial charge in [0, 0.05) is 12.6 Å². The Morgan fingerprint density at radius 1 is 1.10 bits per heavy atom. The highest BCUT2D eigenvalue weighted by Gasteiger charge is 2.20. The van der Waals surface area contributed by atoms with Gasteiger partial charge in [-0.1, -0.05) is 42.5 Å². The first-order chi connectivity index (χ1) is 9.86. The lowest BCUT2D eigenvalue weighted by Gasteiger charge is -2.27. The summed E-state index contributed by atoms with van der Waals surface area (Å²) in [5.74, 6) is 1.04. The van der Waals surface area contributed by atoms with Crippen LogP contribution >= 0.6 is 12.4 Å². The second-order valence-corrected chi connectivity index (χ2v) is 5.40. The van der Waals surface area contributed by atoms with Crippen molar-refractivity contribution in [3.05, 3.63) is 65.2 Å². The molecule has 0 amide bonds. The lowest BCUT2D eigenvalue weighted by Crippen LogP contribution is -2.34. The van der Waals surface area contributed by atoms with Crippen LogP contribution in [0.4, 0.5) is 0 Å². The molecular formula is C18H22ClNO. The number of aryl methyl sites for hydroxylation is 1. The Kier molecular flexibility index (Phi) is 5.66. The van der Waals surface area contributed by atoms with Crippen molar-refractivity contribution in [1.82, 2.24) is 5.32 Å². The van der Waals surface area contributed by atoms with Crippen LogP contribution in [0.5, 0.6) is 5.75 Å². The van der Waals surface area contributed by atoms with Gasteiger partial charge in [0.1, 0.15) is 5.75 Å². The molecule has 0 saturated heterocycles. The van der Waals surface area contributed by atoms with Crippen LogP contribution in [0.15, 0.2) is 48.5 Å². The first kappa shape index (κ1) is 15.9. The van der Waals surface area contributed by atoms with Crippen LogP contribution in [0.25, 0.3) is 0 Å². The monoisotopic (exact) mass is 303 g/mol. The number of benzene rings is 2. The second-order valence-electron chi connectivity index (χ2n) is 5.40. The minimum atomic E-state index is 0. The summed E-state index contributed by atoms with van der Waals surface area (Å²) in [5, 5.41) is 3.67. The number of nitrogens with one attached hydrogen (secondary N) is 1. The van der Waals surface area contributed by atoms with Crippen molar-refractivity contribution in [2.45, 2.75) is 31.8 Å². The lowest BCUT2D eigenvalue weighted by atomic mass is 9.87. The van der Waals surface area contributed by atoms with E-state index in [-0.39, 0.29) is 12.4 Å². The highest BCUT2D eigenvalue weighted by molar-refractivity contribution is 5.85. The zero-order chi connectivity index (χ0) is 13.8. The normalized spacial score (nSPS) is 16.7. The number of ether oxygens (including phenoxy) is 1. The summed E-state index contributed by atoms with van der Waals surface area (Å²) in [4.78, 5) is 0. The number of hydrogen-bond donors (Lipinski definition) is 1. The standard InChI is InChI=1S/C18H21NO.ClH/c1-20-18-9-5-8-15-10-11-16(12-17(15)18)19-13-14-6-3-2-4-7-14;/h2-9,16,19H,10-13H2,1H3;1H/t16-;/m1./s1. The van der Waals surface area contributed by atoms with Crippen molar-refractivity contribution < 1.29 is 4.74 Å². The van der Waals surface area contributed by atoms with E-state index < -0.39 is 0 Å². The molecule has 1 atom stereocenters. The Balaban J connectivity index is 0.00000161. The van der Waals surface area contributed by atoms with E-state index >= 15 is 0 Å². The average molecular weight is 304 g/mol. The number of halogens is 1. The van der Waals surface area contributed by atoms with Crippen LogP contribution in [0.1, 0.15) is 23.1 Å². The third-order valence-electron chi connectivity index (χ3n) is 4.10. The molecule has 3 heteroatoms. The minimum absolute atomic E-state index is 0. The van der Waals surface area contributed by atoms with E-state index in [1.54, 1.807) is 7.11 Å². The van der Waals surface area contributed by atoms with Crippen LogP contribution in [0.2, 0.25) is 0 Å². The first-order valence-corrected chi connectivity index (χ1v) is 7.29. The maximum atomic E-state index is 5.50. The van der Waals surface area contributed by atoms with Crippen LogP contribution in [0.3, 0.4) is 0 Å². The quantitative estimate of drug-likeness (QED) is 0.928. The summed E-state index contributed by atoms with van der Waals surface area (Å²) in [5.41, 5.74) is 4.17. The molecule has 2 aromatic carbocycles. The van der Waals surface area contributed by atoms with Crippen molar-refractivity contribution >= 4 is 12.4 Å². The van der Waals surface area contributed by atoms with Crippen molar-refractivity contribution in [3.63, 3.8) is 0 Å². The predicted molar refractivity (Wildman–Crippen MR) is 89.3 cm³/mol. The van der Waals surface area contributed by atoms with Crippen molar-refractivity contribution in [3.8, 4) is 5.75 Å². The molecule has 2 aromatic rings. The molecule has 2 nitrogen and oxygen atoms in total. The van der Waals surface area contributed by atoms with Gasteiger partial charge in [-0.3, -0.25) is 0 Å². The molecule has 0 aliphatic heterocycles. The molecule has 1 aliphatic carbocycles. The van der Waals surface area contributed by atoms with E-state index in [0.29, 0.717) is 6.04 Å². The molecule has 21 heavy (non-hydrogen) atoms. The third-order valence-corrected chi connectivity index (χ3v) is 4.10. The van der Waals surface area contributed by atoms with Crippen LogP contribution in [-0.4, -0.2) is 13.2 Å². The summed E-state index contributed by atoms with van der Waals surface area (Å²) in [6.45, 7) is 0.940. The van der Waals surface area contributed by atoms with Gasteiger partial charge in [0.05, 0.1) is 7.11 Å². The van der Waals surface area contributed by atoms with Gasteiger partial charge >= 0.3 is 0 Å². The van der Waals surface area contributed by atoms with Gasteiger partial charge in [-0.15, -0.1) is 12.4 Å². The molecule has 1 N–H and O–H groups in total. The maximum Gasteiger partial charge on any atom is 0.122 e. The first-order valence-electron chi connectivity index (χ1n) is 7.29. The fraction of sp³-hybridized carbons (Fsp3) is 0.333. The summed E-state index contributed by atoms with van der Waals surface area (Å²) in [6, 6.07) is 17.5. The highest BCUT2D eigenvalue weighted by atomic mass is 35.5. The van der Waals surface area contributed by atoms with E-state index in [4.69, 9.17) is 4.74 Å². The zero-order valence-corrected chi connectivity index (χ0v) is 13.2. The van der Waals surface area contributed by atoms with Gasteiger partial charge in [-0.25, -0.2) is 0 Å². The predicted octanol–water partition coefficient (Wildman–Crippen LogP) is 3.76. The fourth-order valence-electron chi connectivity index (χ4n) is 2.98. The summed E-state index contributed by atoms with van der Waals surface area (Å²) in [6.07, 6.45) is 3.40. The number of fused-ring (bicyclic) bond motifs is 1. The van der Waals surface area contributed by atoms with Gasteiger partial charge < -0.3 is 10.1 Å². The van der Waals surface area contributed by atoms with Gasteiger partial charge in [0.15, 0.2) is 0 Å². The van der Waals surface area contributed by atoms with Crippen molar-refractivity contribution in [2.24, 2.45) is 0 Å². The van der Waals surface area contributed by atoms with Crippen molar-refractivity contribution in [1.29, 1.82) is 0 Å². The molecule has 0 saturated carbocycles. The summed E-state index contributed by atoms with van der Waals surface area (Å²) in [7, 11) is 1.76. The Labute approximate surface area is 132 Å². The zero-order valence-electron chi connectivity index (χ0n) is 12.3. The van der Waals surface area contributed by atoms with Gasteiger partial charge in [0.2, 0.25) is 0 Å². The molecule has 0 aromatic heterocycles. The summed E-state index contributed by atoms with van der Waals surface area (Å²) >= 11 is 0. The van der Waals surface area contributed by atoms with Crippen LogP contribution in [0, 0.1) is 0 Å². The molecule has 0 heterocycles. The maximum absolute atomic E-state index is 5.50. The Bertz CT molecular complexity index is 556. The fourth-order valence-corrected chi connectivity index (χ4v) is 2.98. The number of hydrogen-bond acceptors (Lipinski definition) is 2. The molecule has 0 fully saturated rings. The van der Waals surface area contributed by atoms with E-state index in [9.17, 15) is 0 Å². The third kappa shape index (κ3) is 3.78. The second kappa shape index (κ2) is 7.48. The van der Waals surface area contributed by atoms with Crippen molar-refractivity contribution in [2.75, 3.05) is 7.11 Å². The average Bonchev–Trinajstić information content (AvgIpc) is 2.53. The topological polar surface area (TPSA) is 21.3 Å².